The van der Waals surface area contributed by atoms with E-state index < -0.39 is 6.10 Å². The molecular formula is C34H42N2O4. The lowest BCUT2D eigenvalue weighted by Gasteiger charge is -2.38. The first-order valence-corrected chi connectivity index (χ1v) is 15.2. The number of carbonyl (C=O) groups is 1. The Labute approximate surface area is 237 Å². The van der Waals surface area contributed by atoms with Gasteiger partial charge in [0.1, 0.15) is 17.2 Å². The van der Waals surface area contributed by atoms with Crippen molar-refractivity contribution < 1.29 is 19.2 Å². The fourth-order valence-electron chi connectivity index (χ4n) is 6.99. The summed E-state index contributed by atoms with van der Waals surface area (Å²) in [5.74, 6) is 2.82. The van der Waals surface area contributed by atoms with Crippen LogP contribution in [0.1, 0.15) is 105 Å². The van der Waals surface area contributed by atoms with Gasteiger partial charge in [-0.2, -0.15) is 0 Å². The maximum absolute atomic E-state index is 13.5. The molecule has 0 aliphatic heterocycles. The molecule has 3 fully saturated rings. The van der Waals surface area contributed by atoms with E-state index in [1.165, 1.54) is 19.3 Å². The number of hydrogen-bond donors (Lipinski definition) is 2. The molecule has 0 spiro atoms. The zero-order valence-electron chi connectivity index (χ0n) is 23.8. The Balaban J connectivity index is 1.24. The monoisotopic (exact) mass is 542 g/mol. The molecule has 212 valence electrons. The molecule has 2 N–H and O–H groups in total. The highest BCUT2D eigenvalue weighted by atomic mass is 16.5. The minimum Gasteiger partial charge on any atom is -0.496 e. The first-order valence-electron chi connectivity index (χ1n) is 15.2. The van der Waals surface area contributed by atoms with Crippen molar-refractivity contribution in [3.8, 4) is 17.0 Å². The Morgan fingerprint density at radius 3 is 2.58 bits per heavy atom. The average Bonchev–Trinajstić information content (AvgIpc) is 3.72. The van der Waals surface area contributed by atoms with Crippen molar-refractivity contribution in [3.05, 3.63) is 71.0 Å². The van der Waals surface area contributed by atoms with Gasteiger partial charge >= 0.3 is 0 Å². The highest BCUT2D eigenvalue weighted by molar-refractivity contribution is 5.79. The number of rotatable bonds is 8. The summed E-state index contributed by atoms with van der Waals surface area (Å²) in [6.45, 7) is 2.05. The normalized spacial score (nSPS) is 24.4. The molecule has 3 aliphatic carbocycles. The van der Waals surface area contributed by atoms with Crippen molar-refractivity contribution in [1.82, 2.24) is 10.5 Å². The van der Waals surface area contributed by atoms with Crippen LogP contribution in [0, 0.1) is 18.8 Å². The molecule has 3 aliphatic rings. The number of methoxy groups -OCH3 is 1. The molecule has 4 atom stereocenters. The summed E-state index contributed by atoms with van der Waals surface area (Å²) in [6.07, 6.45) is 9.72. The fraction of sp³-hybridized carbons (Fsp3) is 0.529. The molecule has 6 heteroatoms. The molecule has 1 aromatic heterocycles. The Kier molecular flexibility index (Phi) is 7.97. The van der Waals surface area contributed by atoms with E-state index in [0.29, 0.717) is 12.3 Å². The Morgan fingerprint density at radius 2 is 1.85 bits per heavy atom. The van der Waals surface area contributed by atoms with Crippen LogP contribution in [0.5, 0.6) is 5.75 Å². The van der Waals surface area contributed by atoms with Gasteiger partial charge in [-0.1, -0.05) is 54.8 Å². The first kappa shape index (κ1) is 27.1. The number of aryl methyl sites for hydroxylation is 1. The number of aliphatic hydroxyl groups excluding tert-OH is 1. The van der Waals surface area contributed by atoms with E-state index >= 15 is 0 Å². The number of aliphatic hydroxyl groups is 1. The predicted molar refractivity (Wildman–Crippen MR) is 155 cm³/mol. The summed E-state index contributed by atoms with van der Waals surface area (Å²) in [6, 6.07) is 16.5. The number of carbonyl (C=O) groups excluding carboxylic acids is 1. The van der Waals surface area contributed by atoms with Gasteiger partial charge in [0.15, 0.2) is 0 Å². The van der Waals surface area contributed by atoms with Gasteiger partial charge in [-0.15, -0.1) is 0 Å². The van der Waals surface area contributed by atoms with Crippen molar-refractivity contribution in [1.29, 1.82) is 0 Å². The number of aromatic nitrogens is 1. The number of amides is 1. The largest absolute Gasteiger partial charge is 0.496 e. The van der Waals surface area contributed by atoms with E-state index in [9.17, 15) is 9.90 Å². The second-order valence-electron chi connectivity index (χ2n) is 12.3. The number of hydrogen-bond acceptors (Lipinski definition) is 5. The molecule has 1 heterocycles. The molecule has 40 heavy (non-hydrogen) atoms. The van der Waals surface area contributed by atoms with Gasteiger partial charge in [-0.3, -0.25) is 4.79 Å². The average molecular weight is 543 g/mol. The number of benzene rings is 2. The molecule has 6 rings (SSSR count). The third-order valence-corrected chi connectivity index (χ3v) is 9.50. The predicted octanol–water partition coefficient (Wildman–Crippen LogP) is 7.22. The van der Waals surface area contributed by atoms with E-state index in [0.717, 1.165) is 78.0 Å². The van der Waals surface area contributed by atoms with E-state index in [-0.39, 0.29) is 29.7 Å². The third-order valence-electron chi connectivity index (χ3n) is 9.50. The minimum atomic E-state index is -0.472. The van der Waals surface area contributed by atoms with Crippen LogP contribution in [-0.2, 0) is 4.79 Å². The van der Waals surface area contributed by atoms with Gasteiger partial charge in [0.25, 0.3) is 0 Å². The van der Waals surface area contributed by atoms with Crippen molar-refractivity contribution in [2.24, 2.45) is 11.8 Å². The number of nitrogens with one attached hydrogen (secondary N) is 1. The van der Waals surface area contributed by atoms with Gasteiger partial charge in [0.2, 0.25) is 5.91 Å². The topological polar surface area (TPSA) is 84.6 Å². The quantitative estimate of drug-likeness (QED) is 0.314. The lowest BCUT2D eigenvalue weighted by Crippen LogP contribution is -2.41. The highest BCUT2D eigenvalue weighted by Gasteiger charge is 2.37. The van der Waals surface area contributed by atoms with Crippen LogP contribution in [0.2, 0.25) is 0 Å². The second kappa shape index (κ2) is 11.8. The smallest absolute Gasteiger partial charge is 0.223 e. The van der Waals surface area contributed by atoms with Gasteiger partial charge in [0, 0.05) is 29.4 Å². The van der Waals surface area contributed by atoms with Gasteiger partial charge in [-0.05, 0) is 86.6 Å². The maximum Gasteiger partial charge on any atom is 0.223 e. The number of nitrogens with zero attached hydrogens (tertiary/aromatic N) is 1. The van der Waals surface area contributed by atoms with Crippen LogP contribution in [0.3, 0.4) is 0 Å². The van der Waals surface area contributed by atoms with Crippen LogP contribution >= 0.6 is 0 Å². The van der Waals surface area contributed by atoms with E-state index in [4.69, 9.17) is 9.26 Å². The van der Waals surface area contributed by atoms with Crippen LogP contribution in [-0.4, -0.2) is 29.4 Å². The molecule has 0 saturated heterocycles. The van der Waals surface area contributed by atoms with Crippen molar-refractivity contribution in [3.63, 3.8) is 0 Å². The second-order valence-corrected chi connectivity index (χ2v) is 12.3. The molecule has 2 aromatic carbocycles. The highest BCUT2D eigenvalue weighted by Crippen LogP contribution is 2.44. The summed E-state index contributed by atoms with van der Waals surface area (Å²) in [4.78, 5) is 13.5. The van der Waals surface area contributed by atoms with Crippen molar-refractivity contribution in [2.45, 2.75) is 95.1 Å². The molecule has 0 radical (unpaired) electrons. The van der Waals surface area contributed by atoms with Gasteiger partial charge in [-0.25, -0.2) is 0 Å². The van der Waals surface area contributed by atoms with Crippen LogP contribution < -0.4 is 10.1 Å². The fourth-order valence-corrected chi connectivity index (χ4v) is 6.99. The lowest BCUT2D eigenvalue weighted by atomic mass is 9.72. The molecule has 3 aromatic rings. The van der Waals surface area contributed by atoms with E-state index in [2.05, 4.69) is 52.9 Å². The summed E-state index contributed by atoms with van der Waals surface area (Å²) in [5.41, 5.74) is 5.18. The standard InChI is InChI=1S/C34H42N2O4/c1-21-17-24(14-16-31(21)39-2)28-15-13-27(19-30(28)37)33(35-34(38)23-7-4-3-5-8-23)26-10-6-9-25(18-26)29-20-32(40-36-29)22-11-12-22/h6,9-10,14,16-18,20,22-23,27-28,30,33,37H,3-5,7-8,11-13,15,19H2,1-2H3,(H,35,38). The zero-order chi connectivity index (χ0) is 27.6. The molecule has 6 nitrogen and oxygen atoms in total. The van der Waals surface area contributed by atoms with Crippen LogP contribution in [0.15, 0.2) is 53.1 Å². The Bertz CT molecular complexity index is 1320. The Hall–Kier alpha value is -3.12. The zero-order valence-corrected chi connectivity index (χ0v) is 23.8. The summed E-state index contributed by atoms with van der Waals surface area (Å²) in [5, 5.41) is 19.2. The lowest BCUT2D eigenvalue weighted by molar-refractivity contribution is -0.127. The van der Waals surface area contributed by atoms with E-state index in [1.54, 1.807) is 7.11 Å². The molecule has 3 saturated carbocycles. The summed E-state index contributed by atoms with van der Waals surface area (Å²) < 4.78 is 11.1. The van der Waals surface area contributed by atoms with E-state index in [1.807, 2.05) is 13.0 Å². The summed E-state index contributed by atoms with van der Waals surface area (Å²) >= 11 is 0. The Morgan fingerprint density at radius 1 is 1.02 bits per heavy atom. The molecular weight excluding hydrogens is 500 g/mol. The van der Waals surface area contributed by atoms with Crippen molar-refractivity contribution in [2.75, 3.05) is 7.11 Å². The minimum absolute atomic E-state index is 0.0814. The maximum atomic E-state index is 13.5. The summed E-state index contributed by atoms with van der Waals surface area (Å²) in [7, 11) is 1.69. The SMILES string of the molecule is COc1ccc(C2CCC(C(NC(=O)C3CCCCC3)c3cccc(-c4cc(C5CC5)on4)c3)CC2O)cc1C. The molecule has 4 unspecified atom stereocenters. The van der Waals surface area contributed by atoms with Gasteiger partial charge in [0.05, 0.1) is 19.3 Å². The van der Waals surface area contributed by atoms with Crippen LogP contribution in [0.25, 0.3) is 11.3 Å². The molecule has 0 bridgehead atoms. The van der Waals surface area contributed by atoms with Crippen LogP contribution in [0.4, 0.5) is 0 Å². The molecule has 1 amide bonds. The van der Waals surface area contributed by atoms with Gasteiger partial charge < -0.3 is 19.7 Å². The number of ether oxygens (including phenoxy) is 1. The van der Waals surface area contributed by atoms with Crippen molar-refractivity contribution >= 4 is 5.91 Å². The first-order chi connectivity index (χ1) is 19.5. The third kappa shape index (κ3) is 5.83.